The highest BCUT2D eigenvalue weighted by molar-refractivity contribution is 7.20. The molecule has 0 saturated heterocycles. The van der Waals surface area contributed by atoms with Gasteiger partial charge in [-0.15, -0.1) is 0 Å². The molecular formula is C28H22FN5O2S. The monoisotopic (exact) mass is 511 g/mol. The first-order chi connectivity index (χ1) is 18.0. The highest BCUT2D eigenvalue weighted by Gasteiger charge is 2.47. The fourth-order valence-electron chi connectivity index (χ4n) is 4.44. The van der Waals surface area contributed by atoms with E-state index in [2.05, 4.69) is 20.6 Å². The lowest BCUT2D eigenvalue weighted by atomic mass is 10.1. The highest BCUT2D eigenvalue weighted by Crippen LogP contribution is 2.44. The molecule has 0 spiro atoms. The predicted molar refractivity (Wildman–Crippen MR) is 140 cm³/mol. The quantitative estimate of drug-likeness (QED) is 0.334. The Morgan fingerprint density at radius 1 is 1.00 bits per heavy atom. The van der Waals surface area contributed by atoms with Gasteiger partial charge >= 0.3 is 0 Å². The molecule has 3 heterocycles. The third kappa shape index (κ3) is 4.17. The van der Waals surface area contributed by atoms with Crippen LogP contribution in [0.4, 0.5) is 4.39 Å². The van der Waals surface area contributed by atoms with Crippen LogP contribution in [0.2, 0.25) is 0 Å². The molecule has 2 amide bonds. The summed E-state index contributed by atoms with van der Waals surface area (Å²) in [6.45, 7) is 0. The van der Waals surface area contributed by atoms with Crippen LogP contribution in [0.3, 0.4) is 0 Å². The van der Waals surface area contributed by atoms with Crippen LogP contribution >= 0.6 is 11.3 Å². The van der Waals surface area contributed by atoms with Gasteiger partial charge in [-0.1, -0.05) is 29.5 Å². The van der Waals surface area contributed by atoms with Gasteiger partial charge in [0, 0.05) is 30.6 Å². The van der Waals surface area contributed by atoms with Crippen LogP contribution in [0.25, 0.3) is 26.7 Å². The van der Waals surface area contributed by atoms with Crippen LogP contribution < -0.4 is 10.6 Å². The van der Waals surface area contributed by atoms with Gasteiger partial charge in [-0.2, -0.15) is 0 Å². The van der Waals surface area contributed by atoms with Crippen LogP contribution in [0.15, 0.2) is 79.1 Å². The molecule has 5 aromatic rings. The van der Waals surface area contributed by atoms with Crippen molar-refractivity contribution in [3.05, 3.63) is 102 Å². The Bertz CT molecular complexity index is 1640. The summed E-state index contributed by atoms with van der Waals surface area (Å²) in [6, 6.07) is 19.0. The first kappa shape index (κ1) is 23.1. The molecule has 7 nitrogen and oxygen atoms in total. The van der Waals surface area contributed by atoms with Gasteiger partial charge in [0.1, 0.15) is 17.2 Å². The number of benzene rings is 2. The van der Waals surface area contributed by atoms with E-state index < -0.39 is 5.54 Å². The van der Waals surface area contributed by atoms with Crippen molar-refractivity contribution >= 4 is 28.1 Å². The van der Waals surface area contributed by atoms with E-state index in [1.807, 2.05) is 42.6 Å². The number of halogens is 1. The molecule has 6 rings (SSSR count). The van der Waals surface area contributed by atoms with Crippen LogP contribution in [0.1, 0.15) is 39.4 Å². The lowest BCUT2D eigenvalue weighted by molar-refractivity contribution is 0.0927. The molecule has 1 saturated carbocycles. The highest BCUT2D eigenvalue weighted by atomic mass is 32.1. The summed E-state index contributed by atoms with van der Waals surface area (Å²) in [5.41, 5.74) is 3.36. The van der Waals surface area contributed by atoms with Gasteiger partial charge in [0.25, 0.3) is 11.8 Å². The van der Waals surface area contributed by atoms with E-state index in [0.717, 1.165) is 29.0 Å². The molecule has 2 aromatic carbocycles. The van der Waals surface area contributed by atoms with Crippen LogP contribution in [-0.4, -0.2) is 33.2 Å². The van der Waals surface area contributed by atoms with Crippen LogP contribution in [0, 0.1) is 5.82 Å². The first-order valence-electron chi connectivity index (χ1n) is 11.8. The van der Waals surface area contributed by atoms with E-state index in [1.165, 1.54) is 23.5 Å². The predicted octanol–water partition coefficient (Wildman–Crippen LogP) is 5.04. The van der Waals surface area contributed by atoms with E-state index in [4.69, 9.17) is 0 Å². The van der Waals surface area contributed by atoms with Gasteiger partial charge in [0.15, 0.2) is 4.96 Å². The Kier molecular flexibility index (Phi) is 5.57. The molecule has 37 heavy (non-hydrogen) atoms. The molecule has 1 aliphatic carbocycles. The Hall–Kier alpha value is -4.37. The molecule has 0 aliphatic heterocycles. The lowest BCUT2D eigenvalue weighted by Crippen LogP contribution is -2.35. The summed E-state index contributed by atoms with van der Waals surface area (Å²) >= 11 is 1.41. The number of rotatable bonds is 6. The van der Waals surface area contributed by atoms with E-state index >= 15 is 0 Å². The number of hydrogen-bond acceptors (Lipinski definition) is 5. The van der Waals surface area contributed by atoms with Crippen molar-refractivity contribution in [3.8, 4) is 21.7 Å². The fraction of sp³-hybridized carbons (Fsp3) is 0.143. The Morgan fingerprint density at radius 3 is 2.51 bits per heavy atom. The van der Waals surface area contributed by atoms with Crippen LogP contribution in [0.5, 0.6) is 0 Å². The molecule has 2 N–H and O–H groups in total. The zero-order chi connectivity index (χ0) is 25.6. The van der Waals surface area contributed by atoms with E-state index in [-0.39, 0.29) is 17.6 Å². The minimum absolute atomic E-state index is 0.156. The second kappa shape index (κ2) is 8.94. The largest absolute Gasteiger partial charge is 0.354 e. The Labute approximate surface area is 216 Å². The second-order valence-electron chi connectivity index (χ2n) is 8.98. The molecule has 0 atom stereocenters. The average molecular weight is 512 g/mol. The average Bonchev–Trinajstić information content (AvgIpc) is 3.46. The number of aromatic nitrogens is 3. The van der Waals surface area contributed by atoms with Crippen LogP contribution in [-0.2, 0) is 5.54 Å². The van der Waals surface area contributed by atoms with Crippen molar-refractivity contribution < 1.29 is 14.0 Å². The van der Waals surface area contributed by atoms with Crippen molar-refractivity contribution in [3.63, 3.8) is 0 Å². The fourth-order valence-corrected chi connectivity index (χ4v) is 5.42. The molecule has 0 radical (unpaired) electrons. The van der Waals surface area contributed by atoms with Gasteiger partial charge in [-0.25, -0.2) is 9.37 Å². The van der Waals surface area contributed by atoms with Gasteiger partial charge in [0.2, 0.25) is 0 Å². The molecule has 1 aliphatic rings. The molecule has 1 fully saturated rings. The van der Waals surface area contributed by atoms with E-state index in [1.54, 1.807) is 35.8 Å². The normalized spacial score (nSPS) is 13.9. The third-order valence-electron chi connectivity index (χ3n) is 6.55. The van der Waals surface area contributed by atoms with Crippen molar-refractivity contribution in [2.24, 2.45) is 0 Å². The first-order valence-corrected chi connectivity index (χ1v) is 12.6. The van der Waals surface area contributed by atoms with Gasteiger partial charge in [-0.05, 0) is 66.9 Å². The molecule has 9 heteroatoms. The summed E-state index contributed by atoms with van der Waals surface area (Å²) < 4.78 is 15.2. The van der Waals surface area contributed by atoms with Crippen molar-refractivity contribution in [2.45, 2.75) is 18.4 Å². The number of thiazole rings is 1. The maximum atomic E-state index is 13.4. The number of imidazole rings is 1. The van der Waals surface area contributed by atoms with Crippen molar-refractivity contribution in [1.29, 1.82) is 0 Å². The second-order valence-corrected chi connectivity index (χ2v) is 9.98. The van der Waals surface area contributed by atoms with E-state index in [0.29, 0.717) is 27.5 Å². The number of carbonyl (C=O) groups excluding carboxylic acids is 2. The van der Waals surface area contributed by atoms with Crippen molar-refractivity contribution in [1.82, 2.24) is 25.0 Å². The third-order valence-corrected chi connectivity index (χ3v) is 7.58. The number of fused-ring (bicyclic) bond motifs is 1. The van der Waals surface area contributed by atoms with Gasteiger partial charge < -0.3 is 10.6 Å². The number of nitrogens with one attached hydrogen (secondary N) is 2. The number of pyridine rings is 1. The Morgan fingerprint density at radius 2 is 1.81 bits per heavy atom. The summed E-state index contributed by atoms with van der Waals surface area (Å²) in [4.78, 5) is 36.5. The van der Waals surface area contributed by atoms with Gasteiger partial charge in [-0.3, -0.25) is 19.0 Å². The summed E-state index contributed by atoms with van der Waals surface area (Å²) in [7, 11) is 1.56. The van der Waals surface area contributed by atoms with E-state index in [9.17, 15) is 14.0 Å². The molecular weight excluding hydrogens is 489 g/mol. The van der Waals surface area contributed by atoms with Gasteiger partial charge in [0.05, 0.1) is 16.1 Å². The molecule has 184 valence electrons. The molecule has 0 unspecified atom stereocenters. The maximum Gasteiger partial charge on any atom is 0.270 e. The topological polar surface area (TPSA) is 88.4 Å². The number of hydrogen-bond donors (Lipinski definition) is 2. The zero-order valence-corrected chi connectivity index (χ0v) is 20.7. The number of amides is 2. The Balaban J connectivity index is 1.33. The summed E-state index contributed by atoms with van der Waals surface area (Å²) in [6.07, 6.45) is 5.30. The van der Waals surface area contributed by atoms with Crippen molar-refractivity contribution in [2.75, 3.05) is 7.05 Å². The summed E-state index contributed by atoms with van der Waals surface area (Å²) in [5, 5.41) is 5.83. The SMILES string of the molecule is CNC(=O)c1c(-c2ccc(F)cc2)nc2sc(-c3cccc(C(=O)NC4(c5ccccn5)CC4)c3)cn12. The molecule has 0 bridgehead atoms. The number of carbonyl (C=O) groups is 2. The number of nitrogens with zero attached hydrogens (tertiary/aromatic N) is 3. The summed E-state index contributed by atoms with van der Waals surface area (Å²) in [5.74, 6) is -0.811. The standard InChI is InChI=1S/C28H22FN5O2S/c1-30-26(36)24-23(17-8-10-20(29)11-9-17)32-27-34(24)16-21(37-27)18-5-4-6-19(15-18)25(35)33-28(12-13-28)22-7-2-3-14-31-22/h2-11,14-16H,12-13H2,1H3,(H,30,36)(H,33,35). The minimum Gasteiger partial charge on any atom is -0.354 e. The molecule has 3 aromatic heterocycles. The smallest absolute Gasteiger partial charge is 0.270 e. The zero-order valence-electron chi connectivity index (χ0n) is 19.9. The minimum atomic E-state index is -0.406. The lowest BCUT2D eigenvalue weighted by Gasteiger charge is -2.17. The maximum absolute atomic E-state index is 13.4.